The number of carbonyl (C=O) groups excluding carboxylic acids is 2. The van der Waals surface area contributed by atoms with Gasteiger partial charge in [-0.05, 0) is 50.5 Å². The summed E-state index contributed by atoms with van der Waals surface area (Å²) in [4.78, 5) is 27.1. The van der Waals surface area contributed by atoms with Crippen molar-refractivity contribution in [2.24, 2.45) is 0 Å². The molecule has 2 amide bonds. The van der Waals surface area contributed by atoms with Crippen LogP contribution in [0.25, 0.3) is 0 Å². The van der Waals surface area contributed by atoms with Crippen LogP contribution in [0.4, 0.5) is 0 Å². The van der Waals surface area contributed by atoms with Gasteiger partial charge in [0, 0.05) is 17.6 Å². The minimum Gasteiger partial charge on any atom is -0.352 e. The molecule has 27 heavy (non-hydrogen) atoms. The Morgan fingerprint density at radius 1 is 1.00 bits per heavy atom. The molecule has 0 heterocycles. The average Bonchev–Trinajstić information content (AvgIpc) is 2.62. The number of rotatable bonds is 8. The Labute approximate surface area is 166 Å². The number of halogens is 1. The van der Waals surface area contributed by atoms with Gasteiger partial charge < -0.3 is 10.2 Å². The summed E-state index contributed by atoms with van der Waals surface area (Å²) >= 11 is 6.03. The van der Waals surface area contributed by atoms with E-state index >= 15 is 0 Å². The second-order valence-corrected chi connectivity index (χ2v) is 7.41. The number of hydrogen-bond acceptors (Lipinski definition) is 2. The van der Waals surface area contributed by atoms with Crippen molar-refractivity contribution in [3.63, 3.8) is 0 Å². The minimum atomic E-state index is -0.539. The molecule has 1 atom stereocenters. The van der Waals surface area contributed by atoms with Gasteiger partial charge >= 0.3 is 0 Å². The average molecular weight is 387 g/mol. The van der Waals surface area contributed by atoms with E-state index < -0.39 is 6.04 Å². The third kappa shape index (κ3) is 6.72. The summed E-state index contributed by atoms with van der Waals surface area (Å²) in [5.74, 6) is -0.225. The first-order chi connectivity index (χ1) is 12.9. The van der Waals surface area contributed by atoms with E-state index in [-0.39, 0.29) is 24.3 Å². The zero-order valence-electron chi connectivity index (χ0n) is 16.1. The standard InChI is InChI=1S/C22H27ClN2O2/c1-16(2)24-22(27)17(3)25(13-12-18-8-5-4-6-9-18)21(26)15-19-10-7-11-20(23)14-19/h4-11,14,16-17H,12-13,15H2,1-3H3,(H,24,27)/t17-/m1/s1. The van der Waals surface area contributed by atoms with Crippen molar-refractivity contribution in [2.45, 2.75) is 45.7 Å². The SMILES string of the molecule is CC(C)NC(=O)[C@@H](C)N(CCc1ccccc1)C(=O)Cc1cccc(Cl)c1. The largest absolute Gasteiger partial charge is 0.352 e. The van der Waals surface area contributed by atoms with Gasteiger partial charge in [0.1, 0.15) is 6.04 Å². The van der Waals surface area contributed by atoms with Crippen molar-refractivity contribution in [1.82, 2.24) is 10.2 Å². The summed E-state index contributed by atoms with van der Waals surface area (Å²) < 4.78 is 0. The molecule has 2 aromatic carbocycles. The lowest BCUT2D eigenvalue weighted by Crippen LogP contribution is -2.50. The zero-order valence-corrected chi connectivity index (χ0v) is 16.9. The molecule has 0 spiro atoms. The van der Waals surface area contributed by atoms with Crippen LogP contribution in [0.5, 0.6) is 0 Å². The molecular formula is C22H27ClN2O2. The smallest absolute Gasteiger partial charge is 0.242 e. The maximum atomic E-state index is 13.0. The molecule has 0 unspecified atom stereocenters. The lowest BCUT2D eigenvalue weighted by atomic mass is 10.1. The number of nitrogens with zero attached hydrogens (tertiary/aromatic N) is 1. The Hall–Kier alpha value is -2.33. The molecule has 0 radical (unpaired) electrons. The predicted molar refractivity (Wildman–Crippen MR) is 110 cm³/mol. The van der Waals surface area contributed by atoms with E-state index in [0.29, 0.717) is 18.0 Å². The number of benzene rings is 2. The summed E-state index contributed by atoms with van der Waals surface area (Å²) in [6.07, 6.45) is 0.913. The molecule has 5 heteroatoms. The highest BCUT2D eigenvalue weighted by atomic mass is 35.5. The van der Waals surface area contributed by atoms with Crippen molar-refractivity contribution in [3.8, 4) is 0 Å². The molecule has 0 aliphatic carbocycles. The van der Waals surface area contributed by atoms with E-state index in [1.807, 2.05) is 56.3 Å². The van der Waals surface area contributed by atoms with E-state index in [9.17, 15) is 9.59 Å². The highest BCUT2D eigenvalue weighted by Gasteiger charge is 2.26. The quantitative estimate of drug-likeness (QED) is 0.748. The van der Waals surface area contributed by atoms with Crippen molar-refractivity contribution in [2.75, 3.05) is 6.54 Å². The van der Waals surface area contributed by atoms with Crippen molar-refractivity contribution in [1.29, 1.82) is 0 Å². The maximum absolute atomic E-state index is 13.0. The number of amides is 2. The Bertz CT molecular complexity index is 762. The van der Waals surface area contributed by atoms with Crippen LogP contribution in [-0.4, -0.2) is 35.3 Å². The molecule has 0 aliphatic heterocycles. The maximum Gasteiger partial charge on any atom is 0.242 e. The minimum absolute atomic E-state index is 0.0268. The summed E-state index contributed by atoms with van der Waals surface area (Å²) in [5.41, 5.74) is 1.98. The van der Waals surface area contributed by atoms with Crippen LogP contribution < -0.4 is 5.32 Å². The zero-order chi connectivity index (χ0) is 19.8. The van der Waals surface area contributed by atoms with Gasteiger partial charge in [-0.1, -0.05) is 54.1 Å². The third-order valence-electron chi connectivity index (χ3n) is 4.33. The second kappa shape index (κ2) is 10.1. The number of nitrogens with one attached hydrogen (secondary N) is 1. The van der Waals surface area contributed by atoms with Crippen molar-refractivity contribution in [3.05, 3.63) is 70.7 Å². The van der Waals surface area contributed by atoms with Gasteiger partial charge in [-0.3, -0.25) is 9.59 Å². The van der Waals surface area contributed by atoms with E-state index in [1.54, 1.807) is 24.0 Å². The molecule has 0 bridgehead atoms. The first kappa shape index (κ1) is 21.0. The van der Waals surface area contributed by atoms with Crippen LogP contribution in [0.2, 0.25) is 5.02 Å². The molecule has 4 nitrogen and oxygen atoms in total. The van der Waals surface area contributed by atoms with E-state index in [2.05, 4.69) is 5.32 Å². The van der Waals surface area contributed by atoms with Gasteiger partial charge in [-0.25, -0.2) is 0 Å². The first-order valence-corrected chi connectivity index (χ1v) is 9.63. The fraction of sp³-hybridized carbons (Fsp3) is 0.364. The Morgan fingerprint density at radius 3 is 2.30 bits per heavy atom. The van der Waals surface area contributed by atoms with Crippen LogP contribution in [0.1, 0.15) is 31.9 Å². The Balaban J connectivity index is 2.14. The van der Waals surface area contributed by atoms with Crippen LogP contribution >= 0.6 is 11.6 Å². The predicted octanol–water partition coefficient (Wildman–Crippen LogP) is 3.87. The monoisotopic (exact) mass is 386 g/mol. The molecule has 144 valence electrons. The molecule has 0 aromatic heterocycles. The van der Waals surface area contributed by atoms with Crippen LogP contribution in [0.3, 0.4) is 0 Å². The lowest BCUT2D eigenvalue weighted by molar-refractivity contribution is -0.139. The number of carbonyl (C=O) groups is 2. The van der Waals surface area contributed by atoms with Crippen LogP contribution in [-0.2, 0) is 22.4 Å². The lowest BCUT2D eigenvalue weighted by Gasteiger charge is -2.29. The molecule has 0 fully saturated rings. The molecule has 0 saturated heterocycles. The van der Waals surface area contributed by atoms with Crippen LogP contribution in [0, 0.1) is 0 Å². The normalized spacial score (nSPS) is 11.9. The Morgan fingerprint density at radius 2 is 1.67 bits per heavy atom. The fourth-order valence-corrected chi connectivity index (χ4v) is 3.11. The molecular weight excluding hydrogens is 360 g/mol. The van der Waals surface area contributed by atoms with Crippen molar-refractivity contribution < 1.29 is 9.59 Å². The molecule has 0 saturated carbocycles. The topological polar surface area (TPSA) is 49.4 Å². The fourth-order valence-electron chi connectivity index (χ4n) is 2.90. The van der Waals surface area contributed by atoms with E-state index in [1.165, 1.54) is 0 Å². The molecule has 2 rings (SSSR count). The van der Waals surface area contributed by atoms with Gasteiger partial charge in [0.05, 0.1) is 6.42 Å². The first-order valence-electron chi connectivity index (χ1n) is 9.25. The molecule has 2 aromatic rings. The summed E-state index contributed by atoms with van der Waals surface area (Å²) in [6.45, 7) is 6.08. The second-order valence-electron chi connectivity index (χ2n) is 6.97. The number of hydrogen-bond donors (Lipinski definition) is 1. The highest BCUT2D eigenvalue weighted by Crippen LogP contribution is 2.14. The van der Waals surface area contributed by atoms with Gasteiger partial charge in [0.25, 0.3) is 0 Å². The molecule has 1 N–H and O–H groups in total. The summed E-state index contributed by atoms with van der Waals surface area (Å²) in [5, 5.41) is 3.49. The van der Waals surface area contributed by atoms with E-state index in [4.69, 9.17) is 11.6 Å². The third-order valence-corrected chi connectivity index (χ3v) is 4.56. The molecule has 0 aliphatic rings. The highest BCUT2D eigenvalue weighted by molar-refractivity contribution is 6.30. The summed E-state index contributed by atoms with van der Waals surface area (Å²) in [7, 11) is 0. The van der Waals surface area contributed by atoms with Gasteiger partial charge in [0.2, 0.25) is 11.8 Å². The van der Waals surface area contributed by atoms with E-state index in [0.717, 1.165) is 11.1 Å². The van der Waals surface area contributed by atoms with Gasteiger partial charge in [-0.15, -0.1) is 0 Å². The Kier molecular flexibility index (Phi) is 7.86. The van der Waals surface area contributed by atoms with Gasteiger partial charge in [-0.2, -0.15) is 0 Å². The van der Waals surface area contributed by atoms with Crippen LogP contribution in [0.15, 0.2) is 54.6 Å². The van der Waals surface area contributed by atoms with Gasteiger partial charge in [0.15, 0.2) is 0 Å². The summed E-state index contributed by atoms with van der Waals surface area (Å²) in [6, 6.07) is 16.7. The van der Waals surface area contributed by atoms with Crippen molar-refractivity contribution >= 4 is 23.4 Å².